The molecule has 0 aliphatic heterocycles. The summed E-state index contributed by atoms with van der Waals surface area (Å²) in [6, 6.07) is 11.3. The van der Waals surface area contributed by atoms with E-state index in [-0.39, 0.29) is 17.3 Å². The zero-order valence-electron chi connectivity index (χ0n) is 11.4. The molecule has 3 N–H and O–H groups in total. The molecule has 0 fully saturated rings. The first-order valence-electron chi connectivity index (χ1n) is 6.21. The highest BCUT2D eigenvalue weighted by Gasteiger charge is 2.09. The van der Waals surface area contributed by atoms with Gasteiger partial charge < -0.3 is 15.8 Å². The Morgan fingerprint density at radius 1 is 1.33 bits per heavy atom. The normalized spacial score (nSPS) is 10.2. The Bertz CT molecular complexity index is 649. The Kier molecular flexibility index (Phi) is 5.05. The Hall–Kier alpha value is -2.21. The van der Waals surface area contributed by atoms with Gasteiger partial charge in [-0.3, -0.25) is 4.79 Å². The quantitative estimate of drug-likeness (QED) is 0.658. The third-order valence-electron chi connectivity index (χ3n) is 2.69. The Morgan fingerprint density at radius 3 is 2.81 bits per heavy atom. The largest absolute Gasteiger partial charge is 0.496 e. The number of amides is 1. The van der Waals surface area contributed by atoms with Gasteiger partial charge in [-0.25, -0.2) is 4.39 Å². The van der Waals surface area contributed by atoms with Crippen molar-refractivity contribution in [3.63, 3.8) is 0 Å². The lowest BCUT2D eigenvalue weighted by Gasteiger charge is -2.09. The van der Waals surface area contributed by atoms with E-state index in [4.69, 9.17) is 10.5 Å². The fourth-order valence-electron chi connectivity index (χ4n) is 1.70. The number of anilines is 2. The van der Waals surface area contributed by atoms with Crippen molar-refractivity contribution < 1.29 is 13.9 Å². The minimum Gasteiger partial charge on any atom is -0.496 e. The second-order valence-corrected chi connectivity index (χ2v) is 5.24. The van der Waals surface area contributed by atoms with Crippen molar-refractivity contribution in [2.45, 2.75) is 4.90 Å². The van der Waals surface area contributed by atoms with Crippen molar-refractivity contribution in [2.24, 2.45) is 0 Å². The molecule has 0 heterocycles. The van der Waals surface area contributed by atoms with Gasteiger partial charge in [0.25, 0.3) is 0 Å². The molecular weight excluding hydrogens is 291 g/mol. The number of nitrogen functional groups attached to an aromatic ring is 1. The molecule has 2 rings (SSSR count). The number of methoxy groups -OCH3 is 1. The van der Waals surface area contributed by atoms with Crippen molar-refractivity contribution in [1.82, 2.24) is 0 Å². The van der Waals surface area contributed by atoms with Gasteiger partial charge in [0, 0.05) is 16.6 Å². The first-order valence-corrected chi connectivity index (χ1v) is 7.19. The summed E-state index contributed by atoms with van der Waals surface area (Å²) in [6.45, 7) is 0. The van der Waals surface area contributed by atoms with E-state index < -0.39 is 5.82 Å². The van der Waals surface area contributed by atoms with E-state index in [0.717, 1.165) is 4.90 Å². The van der Waals surface area contributed by atoms with Crippen LogP contribution in [-0.4, -0.2) is 18.8 Å². The van der Waals surface area contributed by atoms with Crippen LogP contribution in [0.1, 0.15) is 0 Å². The van der Waals surface area contributed by atoms with Crippen LogP contribution in [0.2, 0.25) is 0 Å². The SMILES string of the molecule is COc1cc(N)ccc1SCC(=O)Nc1ccccc1F. The van der Waals surface area contributed by atoms with E-state index in [1.807, 2.05) is 0 Å². The van der Waals surface area contributed by atoms with Gasteiger partial charge in [-0.05, 0) is 24.3 Å². The molecule has 0 bridgehead atoms. The summed E-state index contributed by atoms with van der Waals surface area (Å²) in [5.41, 5.74) is 6.43. The monoisotopic (exact) mass is 306 g/mol. The van der Waals surface area contributed by atoms with Crippen molar-refractivity contribution in [1.29, 1.82) is 0 Å². The molecule has 0 saturated heterocycles. The second-order valence-electron chi connectivity index (χ2n) is 4.23. The number of carbonyl (C=O) groups is 1. The predicted molar refractivity (Wildman–Crippen MR) is 83.2 cm³/mol. The van der Waals surface area contributed by atoms with Crippen molar-refractivity contribution >= 4 is 29.0 Å². The molecule has 0 aromatic heterocycles. The number of ether oxygens (including phenoxy) is 1. The lowest BCUT2D eigenvalue weighted by molar-refractivity contribution is -0.113. The van der Waals surface area contributed by atoms with Crippen molar-refractivity contribution in [3.8, 4) is 5.75 Å². The van der Waals surface area contributed by atoms with Gasteiger partial charge in [0.1, 0.15) is 11.6 Å². The molecule has 2 aromatic rings. The average molecular weight is 306 g/mol. The highest BCUT2D eigenvalue weighted by atomic mass is 32.2. The van der Waals surface area contributed by atoms with Crippen molar-refractivity contribution in [2.75, 3.05) is 23.9 Å². The second kappa shape index (κ2) is 6.99. The first kappa shape index (κ1) is 15.2. The maximum atomic E-state index is 13.4. The molecule has 0 atom stereocenters. The highest BCUT2D eigenvalue weighted by Crippen LogP contribution is 2.31. The molecule has 0 radical (unpaired) electrons. The number of thioether (sulfide) groups is 1. The van der Waals surface area contributed by atoms with Gasteiger partial charge in [-0.1, -0.05) is 12.1 Å². The number of nitrogens with two attached hydrogens (primary N) is 1. The maximum absolute atomic E-state index is 13.4. The first-order chi connectivity index (χ1) is 10.1. The number of rotatable bonds is 5. The molecule has 6 heteroatoms. The number of halogens is 1. The number of nitrogens with one attached hydrogen (secondary N) is 1. The van der Waals surface area contributed by atoms with Crippen LogP contribution in [-0.2, 0) is 4.79 Å². The number of hydrogen-bond donors (Lipinski definition) is 2. The van der Waals surface area contributed by atoms with Gasteiger partial charge in [0.05, 0.1) is 18.6 Å². The number of hydrogen-bond acceptors (Lipinski definition) is 4. The van der Waals surface area contributed by atoms with Crippen LogP contribution in [0.25, 0.3) is 0 Å². The number of benzene rings is 2. The smallest absolute Gasteiger partial charge is 0.234 e. The molecule has 0 spiro atoms. The Labute approximate surface area is 126 Å². The zero-order valence-corrected chi connectivity index (χ0v) is 12.2. The van der Waals surface area contributed by atoms with E-state index >= 15 is 0 Å². The van der Waals surface area contributed by atoms with Gasteiger partial charge >= 0.3 is 0 Å². The average Bonchev–Trinajstić information content (AvgIpc) is 2.48. The summed E-state index contributed by atoms with van der Waals surface area (Å²) < 4.78 is 18.6. The van der Waals surface area contributed by atoms with Crippen LogP contribution in [0.5, 0.6) is 5.75 Å². The van der Waals surface area contributed by atoms with Crippen LogP contribution in [0.4, 0.5) is 15.8 Å². The Balaban J connectivity index is 1.97. The fourth-order valence-corrected chi connectivity index (χ4v) is 2.50. The summed E-state index contributed by atoms with van der Waals surface area (Å²) in [6.07, 6.45) is 0. The summed E-state index contributed by atoms with van der Waals surface area (Å²) in [7, 11) is 1.54. The standard InChI is InChI=1S/C15H15FN2O2S/c1-20-13-8-10(17)6-7-14(13)21-9-15(19)18-12-5-3-2-4-11(12)16/h2-8H,9,17H2,1H3,(H,18,19). The van der Waals surface area contributed by atoms with Crippen LogP contribution in [0, 0.1) is 5.82 Å². The molecule has 21 heavy (non-hydrogen) atoms. The minimum atomic E-state index is -0.457. The third-order valence-corrected chi connectivity index (χ3v) is 3.75. The lowest BCUT2D eigenvalue weighted by Crippen LogP contribution is -2.15. The molecule has 0 aliphatic rings. The van der Waals surface area contributed by atoms with Crippen LogP contribution >= 0.6 is 11.8 Å². The lowest BCUT2D eigenvalue weighted by atomic mass is 10.3. The van der Waals surface area contributed by atoms with Gasteiger partial charge in [0.2, 0.25) is 5.91 Å². The molecule has 0 saturated carbocycles. The molecular formula is C15H15FN2O2S. The minimum absolute atomic E-state index is 0.147. The topological polar surface area (TPSA) is 64.3 Å². The number of para-hydroxylation sites is 1. The highest BCUT2D eigenvalue weighted by molar-refractivity contribution is 8.00. The van der Waals surface area contributed by atoms with Crippen LogP contribution in [0.15, 0.2) is 47.4 Å². The van der Waals surface area contributed by atoms with Crippen molar-refractivity contribution in [3.05, 3.63) is 48.3 Å². The Morgan fingerprint density at radius 2 is 2.10 bits per heavy atom. The van der Waals surface area contributed by atoms with E-state index in [9.17, 15) is 9.18 Å². The van der Waals surface area contributed by atoms with E-state index in [1.165, 1.54) is 31.0 Å². The molecule has 2 aromatic carbocycles. The molecule has 110 valence electrons. The third kappa shape index (κ3) is 4.13. The predicted octanol–water partition coefficient (Wildman–Crippen LogP) is 3.15. The molecule has 0 unspecified atom stereocenters. The van der Waals surface area contributed by atoms with Gasteiger partial charge in [-0.2, -0.15) is 0 Å². The van der Waals surface area contributed by atoms with E-state index in [1.54, 1.807) is 30.3 Å². The number of carbonyl (C=O) groups excluding carboxylic acids is 1. The zero-order chi connectivity index (χ0) is 15.2. The molecule has 1 amide bonds. The molecule has 0 aliphatic carbocycles. The summed E-state index contributed by atoms with van der Waals surface area (Å²) in [5, 5.41) is 2.53. The molecule has 4 nitrogen and oxygen atoms in total. The van der Waals surface area contributed by atoms with E-state index in [2.05, 4.69) is 5.32 Å². The maximum Gasteiger partial charge on any atom is 0.234 e. The van der Waals surface area contributed by atoms with E-state index in [0.29, 0.717) is 11.4 Å². The summed E-state index contributed by atoms with van der Waals surface area (Å²) in [4.78, 5) is 12.6. The van der Waals surface area contributed by atoms with Gasteiger partial charge in [0.15, 0.2) is 0 Å². The summed E-state index contributed by atoms with van der Waals surface area (Å²) in [5.74, 6) is 0.0119. The van der Waals surface area contributed by atoms with Gasteiger partial charge in [-0.15, -0.1) is 11.8 Å². The fraction of sp³-hybridized carbons (Fsp3) is 0.133. The summed E-state index contributed by atoms with van der Waals surface area (Å²) >= 11 is 1.30. The van der Waals surface area contributed by atoms with Crippen LogP contribution in [0.3, 0.4) is 0 Å². The van der Waals surface area contributed by atoms with Crippen LogP contribution < -0.4 is 15.8 Å².